The number of nitrogens with one attached hydrogen (secondary N) is 1. The molecule has 5 aliphatic rings. The minimum atomic E-state index is -4.53. The Kier molecular flexibility index (Phi) is 5.21. The van der Waals surface area contributed by atoms with Gasteiger partial charge in [0.25, 0.3) is 0 Å². The summed E-state index contributed by atoms with van der Waals surface area (Å²) in [6.45, 7) is 1.19. The van der Waals surface area contributed by atoms with Crippen LogP contribution in [0.5, 0.6) is 0 Å². The average molecular weight is 425 g/mol. The number of alkyl halides is 3. The predicted octanol–water partition coefficient (Wildman–Crippen LogP) is 4.22. The van der Waals surface area contributed by atoms with Crippen molar-refractivity contribution in [2.75, 3.05) is 18.4 Å². The summed E-state index contributed by atoms with van der Waals surface area (Å²) < 4.78 is 41.5. The Balaban J connectivity index is 1.38. The molecule has 0 aromatic carbocycles. The van der Waals surface area contributed by atoms with E-state index in [9.17, 15) is 18.3 Å². The molecule has 3 unspecified atom stereocenters. The predicted molar refractivity (Wildman–Crippen MR) is 107 cm³/mol. The summed E-state index contributed by atoms with van der Waals surface area (Å²) in [5, 5.41) is 13.2. The lowest BCUT2D eigenvalue weighted by molar-refractivity contribution is -0.142. The standard InChI is InChI=1S/C22H31F3N4O/c23-22(24,25)19-17(12-29-5-1-2-18(30)13-29)11-26-20(27-19)28-21-4-3-14-6-15(9-21)8-16(7-14)10-21/h11,14-16,18,30H,1-10,12-13H2,(H,26,27,28). The number of hydrogen-bond donors (Lipinski definition) is 2. The van der Waals surface area contributed by atoms with Crippen molar-refractivity contribution in [2.45, 2.75) is 82.2 Å². The number of nitrogens with zero attached hydrogens (tertiary/aromatic N) is 3. The maximum Gasteiger partial charge on any atom is 0.433 e. The number of rotatable bonds is 4. The largest absolute Gasteiger partial charge is 0.433 e. The second-order valence-corrected chi connectivity index (χ2v) is 10.3. The summed E-state index contributed by atoms with van der Waals surface area (Å²) in [5.74, 6) is 2.27. The molecule has 4 saturated carbocycles. The lowest BCUT2D eigenvalue weighted by Crippen LogP contribution is -2.45. The quantitative estimate of drug-likeness (QED) is 0.758. The number of aliphatic hydroxyl groups excluding tert-OH is 1. The summed E-state index contributed by atoms with van der Waals surface area (Å²) in [7, 11) is 0. The van der Waals surface area contributed by atoms with E-state index in [4.69, 9.17) is 0 Å². The maximum absolute atomic E-state index is 13.8. The number of likely N-dealkylation sites (tertiary alicyclic amines) is 1. The Labute approximate surface area is 175 Å². The Bertz CT molecular complexity index is 772. The van der Waals surface area contributed by atoms with E-state index in [-0.39, 0.29) is 23.6 Å². The molecule has 1 aromatic heterocycles. The third-order valence-electron chi connectivity index (χ3n) is 7.77. The Morgan fingerprint density at radius 3 is 2.57 bits per heavy atom. The van der Waals surface area contributed by atoms with Crippen LogP contribution < -0.4 is 5.32 Å². The second-order valence-electron chi connectivity index (χ2n) is 10.3. The minimum absolute atomic E-state index is 0.0873. The van der Waals surface area contributed by atoms with Gasteiger partial charge in [-0.25, -0.2) is 9.97 Å². The molecular weight excluding hydrogens is 393 g/mol. The number of aliphatic hydroxyl groups is 1. The van der Waals surface area contributed by atoms with E-state index in [1.807, 2.05) is 4.90 Å². The highest BCUT2D eigenvalue weighted by Crippen LogP contribution is 2.53. The number of β-amino-alcohol motifs (C(OH)–C–C–N with tert-alkyl or cyclic N) is 1. The molecule has 2 N–H and O–H groups in total. The fourth-order valence-corrected chi connectivity index (χ4v) is 6.79. The molecule has 0 amide bonds. The summed E-state index contributed by atoms with van der Waals surface area (Å²) in [6.07, 6.45) is 5.85. The van der Waals surface area contributed by atoms with Crippen molar-refractivity contribution in [3.8, 4) is 0 Å². The van der Waals surface area contributed by atoms with Crippen molar-refractivity contribution >= 4 is 5.95 Å². The van der Waals surface area contributed by atoms with Gasteiger partial charge in [-0.2, -0.15) is 13.2 Å². The average Bonchev–Trinajstić information content (AvgIpc) is 2.86. The molecule has 3 atom stereocenters. The molecule has 6 rings (SSSR count). The van der Waals surface area contributed by atoms with Gasteiger partial charge in [0.2, 0.25) is 5.95 Å². The highest BCUT2D eigenvalue weighted by atomic mass is 19.4. The van der Waals surface area contributed by atoms with E-state index in [2.05, 4.69) is 15.3 Å². The van der Waals surface area contributed by atoms with Crippen LogP contribution in [0.4, 0.5) is 19.1 Å². The lowest BCUT2D eigenvalue weighted by Gasteiger charge is -2.45. The number of anilines is 1. The second kappa shape index (κ2) is 7.62. The third kappa shape index (κ3) is 4.17. The van der Waals surface area contributed by atoms with Gasteiger partial charge in [0, 0.05) is 30.4 Å². The molecule has 30 heavy (non-hydrogen) atoms. The van der Waals surface area contributed by atoms with E-state index in [1.165, 1.54) is 25.5 Å². The van der Waals surface area contributed by atoms with Crippen molar-refractivity contribution in [3.05, 3.63) is 17.5 Å². The smallest absolute Gasteiger partial charge is 0.392 e. The van der Waals surface area contributed by atoms with Crippen LogP contribution in [0.25, 0.3) is 0 Å². The van der Waals surface area contributed by atoms with Gasteiger partial charge in [-0.05, 0) is 82.1 Å². The number of hydrogen-bond acceptors (Lipinski definition) is 5. The topological polar surface area (TPSA) is 61.3 Å². The van der Waals surface area contributed by atoms with Crippen LogP contribution in [0.15, 0.2) is 6.20 Å². The first-order valence-electron chi connectivity index (χ1n) is 11.4. The lowest BCUT2D eigenvalue weighted by atomic mass is 9.65. The first-order chi connectivity index (χ1) is 14.3. The molecule has 4 aliphatic carbocycles. The molecule has 8 heteroatoms. The zero-order valence-corrected chi connectivity index (χ0v) is 17.3. The zero-order valence-electron chi connectivity index (χ0n) is 17.3. The van der Waals surface area contributed by atoms with E-state index in [1.54, 1.807) is 0 Å². The van der Waals surface area contributed by atoms with Crippen molar-refractivity contribution < 1.29 is 18.3 Å². The molecule has 1 aromatic rings. The first kappa shape index (κ1) is 20.5. The monoisotopic (exact) mass is 424 g/mol. The zero-order chi connectivity index (χ0) is 20.9. The molecule has 1 aliphatic heterocycles. The first-order valence-corrected chi connectivity index (χ1v) is 11.4. The molecule has 166 valence electrons. The number of fused-ring (bicyclic) bond motifs is 1. The van der Waals surface area contributed by atoms with Crippen LogP contribution in [0.3, 0.4) is 0 Å². The van der Waals surface area contributed by atoms with Gasteiger partial charge >= 0.3 is 6.18 Å². The van der Waals surface area contributed by atoms with Crippen molar-refractivity contribution in [3.63, 3.8) is 0 Å². The molecule has 0 spiro atoms. The van der Waals surface area contributed by atoms with E-state index >= 15 is 0 Å². The van der Waals surface area contributed by atoms with Gasteiger partial charge in [0.1, 0.15) is 0 Å². The number of aromatic nitrogens is 2. The summed E-state index contributed by atoms with van der Waals surface area (Å²) in [6, 6.07) is 0. The molecule has 5 fully saturated rings. The molecular formula is C22H31F3N4O. The molecule has 5 nitrogen and oxygen atoms in total. The number of piperidine rings is 1. The summed E-state index contributed by atoms with van der Waals surface area (Å²) in [5.41, 5.74) is -0.911. The van der Waals surface area contributed by atoms with Crippen LogP contribution in [-0.4, -0.2) is 44.7 Å². The van der Waals surface area contributed by atoms with Crippen LogP contribution >= 0.6 is 0 Å². The van der Waals surface area contributed by atoms with Crippen LogP contribution in [0, 0.1) is 17.8 Å². The molecule has 4 bridgehead atoms. The highest BCUT2D eigenvalue weighted by Gasteiger charge is 2.48. The van der Waals surface area contributed by atoms with Crippen molar-refractivity contribution in [2.24, 2.45) is 17.8 Å². The van der Waals surface area contributed by atoms with Crippen LogP contribution in [0.1, 0.15) is 69.0 Å². The summed E-state index contributed by atoms with van der Waals surface area (Å²) in [4.78, 5) is 10.2. The van der Waals surface area contributed by atoms with E-state index in [0.717, 1.165) is 38.0 Å². The van der Waals surface area contributed by atoms with Gasteiger partial charge in [-0.3, -0.25) is 4.90 Å². The van der Waals surface area contributed by atoms with Crippen molar-refractivity contribution in [1.82, 2.24) is 14.9 Å². The van der Waals surface area contributed by atoms with Crippen LogP contribution in [0.2, 0.25) is 0 Å². The highest BCUT2D eigenvalue weighted by molar-refractivity contribution is 5.35. The maximum atomic E-state index is 13.8. The molecule has 1 saturated heterocycles. The third-order valence-corrected chi connectivity index (χ3v) is 7.77. The van der Waals surface area contributed by atoms with E-state index < -0.39 is 18.0 Å². The van der Waals surface area contributed by atoms with Gasteiger partial charge in [-0.1, -0.05) is 0 Å². The van der Waals surface area contributed by atoms with Gasteiger partial charge in [-0.15, -0.1) is 0 Å². The molecule has 0 radical (unpaired) electrons. The fourth-order valence-electron chi connectivity index (χ4n) is 6.79. The fraction of sp³-hybridized carbons (Fsp3) is 0.818. The Morgan fingerprint density at radius 2 is 1.87 bits per heavy atom. The SMILES string of the molecule is OC1CCCN(Cc2cnc(NC34CCC5CC(CC(C5)C3)C4)nc2C(F)(F)F)C1. The Hall–Kier alpha value is -1.41. The normalized spacial score (nSPS) is 36.7. The molecule has 2 heterocycles. The van der Waals surface area contributed by atoms with E-state index in [0.29, 0.717) is 31.3 Å². The Morgan fingerprint density at radius 1 is 1.13 bits per heavy atom. The minimum Gasteiger partial charge on any atom is -0.392 e. The number of halogens is 3. The summed E-state index contributed by atoms with van der Waals surface area (Å²) >= 11 is 0. The van der Waals surface area contributed by atoms with Gasteiger partial charge in [0.15, 0.2) is 5.69 Å². The van der Waals surface area contributed by atoms with Crippen molar-refractivity contribution in [1.29, 1.82) is 0 Å². The van der Waals surface area contributed by atoms with Crippen LogP contribution in [-0.2, 0) is 12.7 Å². The van der Waals surface area contributed by atoms with Gasteiger partial charge in [0.05, 0.1) is 6.10 Å². The van der Waals surface area contributed by atoms with Gasteiger partial charge < -0.3 is 10.4 Å².